The van der Waals surface area contributed by atoms with Crippen molar-refractivity contribution in [3.63, 3.8) is 0 Å². The van der Waals surface area contributed by atoms with Crippen LogP contribution in [-0.4, -0.2) is 19.7 Å². The molecule has 0 spiro atoms. The van der Waals surface area contributed by atoms with E-state index in [0.29, 0.717) is 4.77 Å². The van der Waals surface area contributed by atoms with Crippen LogP contribution in [0.1, 0.15) is 18.9 Å². The van der Waals surface area contributed by atoms with Crippen molar-refractivity contribution in [2.24, 2.45) is 0 Å². The molecule has 0 unspecified atom stereocenters. The number of aromatic amines is 1. The van der Waals surface area contributed by atoms with Gasteiger partial charge in [-0.25, -0.2) is 0 Å². The minimum atomic E-state index is 0.602. The highest BCUT2D eigenvalue weighted by atomic mass is 32.1. The van der Waals surface area contributed by atoms with E-state index in [2.05, 4.69) is 40.3 Å². The normalized spacial score (nSPS) is 10.7. The Labute approximate surface area is 128 Å². The van der Waals surface area contributed by atoms with Crippen LogP contribution in [0.4, 0.5) is 0 Å². The van der Waals surface area contributed by atoms with E-state index in [1.165, 1.54) is 5.56 Å². The fourth-order valence-electron chi connectivity index (χ4n) is 2.42. The van der Waals surface area contributed by atoms with Crippen molar-refractivity contribution in [1.82, 2.24) is 19.7 Å². The van der Waals surface area contributed by atoms with Gasteiger partial charge in [-0.3, -0.25) is 14.6 Å². The summed E-state index contributed by atoms with van der Waals surface area (Å²) in [6.45, 7) is 2.18. The Kier molecular flexibility index (Phi) is 3.92. The Morgan fingerprint density at radius 3 is 2.67 bits per heavy atom. The van der Waals surface area contributed by atoms with Crippen LogP contribution in [0.25, 0.3) is 17.1 Å². The van der Waals surface area contributed by atoms with Gasteiger partial charge in [0.1, 0.15) is 0 Å². The maximum absolute atomic E-state index is 5.43. The maximum Gasteiger partial charge on any atom is 0.200 e. The summed E-state index contributed by atoms with van der Waals surface area (Å²) in [5, 5.41) is 7.28. The van der Waals surface area contributed by atoms with Crippen molar-refractivity contribution in [3.05, 3.63) is 59.1 Å². The zero-order chi connectivity index (χ0) is 14.7. The van der Waals surface area contributed by atoms with Gasteiger partial charge in [-0.2, -0.15) is 5.10 Å². The Hall–Kier alpha value is -2.27. The lowest BCUT2D eigenvalue weighted by molar-refractivity contribution is 0.896. The topological polar surface area (TPSA) is 46.5 Å². The Balaban J connectivity index is 2.20. The number of rotatable bonds is 4. The fourth-order valence-corrected chi connectivity index (χ4v) is 2.66. The zero-order valence-electron chi connectivity index (χ0n) is 11.8. The lowest BCUT2D eigenvalue weighted by Crippen LogP contribution is -2.02. The van der Waals surface area contributed by atoms with Crippen LogP contribution in [0.3, 0.4) is 0 Å². The van der Waals surface area contributed by atoms with Gasteiger partial charge < -0.3 is 0 Å². The van der Waals surface area contributed by atoms with E-state index in [1.54, 1.807) is 12.4 Å². The number of aryl methyl sites for hydroxylation is 1. The van der Waals surface area contributed by atoms with Gasteiger partial charge in [0.25, 0.3) is 0 Å². The molecule has 0 aliphatic rings. The first-order chi connectivity index (χ1) is 10.3. The first-order valence-electron chi connectivity index (χ1n) is 6.97. The summed E-state index contributed by atoms with van der Waals surface area (Å²) in [6.07, 6.45) is 5.62. The molecular formula is C16H16N4S. The second-order valence-electron chi connectivity index (χ2n) is 4.80. The van der Waals surface area contributed by atoms with E-state index in [0.717, 1.165) is 29.9 Å². The van der Waals surface area contributed by atoms with Crippen LogP contribution < -0.4 is 0 Å². The molecular weight excluding hydrogens is 280 g/mol. The molecule has 5 heteroatoms. The summed E-state index contributed by atoms with van der Waals surface area (Å²) >= 11 is 5.43. The number of pyridine rings is 1. The summed E-state index contributed by atoms with van der Waals surface area (Å²) in [5.41, 5.74) is 3.35. The minimum absolute atomic E-state index is 0.602. The second-order valence-corrected chi connectivity index (χ2v) is 5.19. The molecule has 0 atom stereocenters. The van der Waals surface area contributed by atoms with Crippen LogP contribution in [0.2, 0.25) is 0 Å². The Morgan fingerprint density at radius 2 is 1.90 bits per heavy atom. The summed E-state index contributed by atoms with van der Waals surface area (Å²) in [6, 6.07) is 12.2. The van der Waals surface area contributed by atoms with E-state index in [-0.39, 0.29) is 0 Å². The Bertz CT molecular complexity index is 789. The average Bonchev–Trinajstić information content (AvgIpc) is 2.91. The predicted molar refractivity (Wildman–Crippen MR) is 86.0 cm³/mol. The first-order valence-corrected chi connectivity index (χ1v) is 7.38. The summed E-state index contributed by atoms with van der Waals surface area (Å²) in [7, 11) is 0. The average molecular weight is 296 g/mol. The van der Waals surface area contributed by atoms with Crippen LogP contribution >= 0.6 is 12.2 Å². The zero-order valence-corrected chi connectivity index (χ0v) is 12.6. The molecule has 0 saturated heterocycles. The van der Waals surface area contributed by atoms with Crippen LogP contribution in [0.15, 0.2) is 48.8 Å². The number of benzene rings is 1. The summed E-state index contributed by atoms with van der Waals surface area (Å²) < 4.78 is 2.60. The molecule has 0 radical (unpaired) electrons. The molecule has 1 N–H and O–H groups in total. The summed E-state index contributed by atoms with van der Waals surface area (Å²) in [4.78, 5) is 4.05. The molecule has 0 aliphatic carbocycles. The molecule has 0 bridgehead atoms. The molecule has 0 amide bonds. The highest BCUT2D eigenvalue weighted by Crippen LogP contribution is 2.24. The van der Waals surface area contributed by atoms with Crippen molar-refractivity contribution in [2.45, 2.75) is 19.8 Å². The van der Waals surface area contributed by atoms with Gasteiger partial charge in [-0.15, -0.1) is 0 Å². The molecule has 1 aromatic carbocycles. The van der Waals surface area contributed by atoms with Gasteiger partial charge in [-0.1, -0.05) is 31.5 Å². The van der Waals surface area contributed by atoms with E-state index in [4.69, 9.17) is 12.2 Å². The molecule has 0 saturated carbocycles. The molecule has 2 heterocycles. The molecule has 3 rings (SSSR count). The summed E-state index contributed by atoms with van der Waals surface area (Å²) in [5.74, 6) is 0.811. The van der Waals surface area contributed by atoms with Gasteiger partial charge >= 0.3 is 0 Å². The number of para-hydroxylation sites is 1. The number of H-pyrrole nitrogens is 1. The first kappa shape index (κ1) is 13.7. The standard InChI is InChI=1S/C16H16N4S/c1-2-5-12-6-3-4-7-14(12)20-15(18-19-16(20)21)13-8-10-17-11-9-13/h3-4,6-11H,2,5H2,1H3,(H,19,21). The highest BCUT2D eigenvalue weighted by Gasteiger charge is 2.12. The lowest BCUT2D eigenvalue weighted by atomic mass is 10.1. The molecule has 0 aliphatic heterocycles. The maximum atomic E-state index is 5.43. The minimum Gasteiger partial charge on any atom is -0.268 e. The number of hydrogen-bond acceptors (Lipinski definition) is 3. The van der Waals surface area contributed by atoms with Crippen molar-refractivity contribution in [1.29, 1.82) is 0 Å². The largest absolute Gasteiger partial charge is 0.268 e. The van der Waals surface area contributed by atoms with Gasteiger partial charge in [0.05, 0.1) is 5.69 Å². The van der Waals surface area contributed by atoms with Gasteiger partial charge in [-0.05, 0) is 42.4 Å². The van der Waals surface area contributed by atoms with Crippen molar-refractivity contribution < 1.29 is 0 Å². The number of nitrogens with one attached hydrogen (secondary N) is 1. The molecule has 2 aromatic heterocycles. The molecule has 21 heavy (non-hydrogen) atoms. The van der Waals surface area contributed by atoms with Gasteiger partial charge in [0.2, 0.25) is 0 Å². The molecule has 0 fully saturated rings. The van der Waals surface area contributed by atoms with Crippen molar-refractivity contribution in [2.75, 3.05) is 0 Å². The van der Waals surface area contributed by atoms with Crippen molar-refractivity contribution >= 4 is 12.2 Å². The van der Waals surface area contributed by atoms with Gasteiger partial charge in [0, 0.05) is 18.0 Å². The van der Waals surface area contributed by atoms with E-state index < -0.39 is 0 Å². The van der Waals surface area contributed by atoms with Crippen LogP contribution in [0, 0.1) is 4.77 Å². The fraction of sp³-hybridized carbons (Fsp3) is 0.188. The number of aromatic nitrogens is 4. The SMILES string of the molecule is CCCc1ccccc1-n1c(-c2ccncc2)n[nH]c1=S. The Morgan fingerprint density at radius 1 is 1.14 bits per heavy atom. The van der Waals surface area contributed by atoms with E-state index in [1.807, 2.05) is 22.8 Å². The third-order valence-electron chi connectivity index (χ3n) is 3.36. The smallest absolute Gasteiger partial charge is 0.200 e. The third kappa shape index (κ3) is 2.64. The molecule has 106 valence electrons. The third-order valence-corrected chi connectivity index (χ3v) is 3.64. The monoisotopic (exact) mass is 296 g/mol. The molecule has 3 aromatic rings. The van der Waals surface area contributed by atoms with Crippen molar-refractivity contribution in [3.8, 4) is 17.1 Å². The highest BCUT2D eigenvalue weighted by molar-refractivity contribution is 7.71. The van der Waals surface area contributed by atoms with Crippen LogP contribution in [-0.2, 0) is 6.42 Å². The quantitative estimate of drug-likeness (QED) is 0.742. The lowest BCUT2D eigenvalue weighted by Gasteiger charge is -2.11. The van der Waals surface area contributed by atoms with E-state index >= 15 is 0 Å². The molecule has 4 nitrogen and oxygen atoms in total. The van der Waals surface area contributed by atoms with Crippen LogP contribution in [0.5, 0.6) is 0 Å². The second kappa shape index (κ2) is 6.01. The van der Waals surface area contributed by atoms with E-state index in [9.17, 15) is 0 Å². The number of nitrogens with zero attached hydrogens (tertiary/aromatic N) is 3. The van der Waals surface area contributed by atoms with Gasteiger partial charge in [0.15, 0.2) is 10.6 Å². The number of hydrogen-bond donors (Lipinski definition) is 1. The predicted octanol–water partition coefficient (Wildman–Crippen LogP) is 3.94.